The van der Waals surface area contributed by atoms with Crippen molar-refractivity contribution in [3.8, 4) is 0 Å². The van der Waals surface area contributed by atoms with Gasteiger partial charge in [-0.15, -0.1) is 0 Å². The van der Waals surface area contributed by atoms with E-state index in [1.165, 1.54) is 0 Å². The van der Waals surface area contributed by atoms with E-state index in [2.05, 4.69) is 5.32 Å². The molecule has 0 radical (unpaired) electrons. The molecule has 1 rings (SSSR count). The molecular weight excluding hydrogens is 314 g/mol. The highest BCUT2D eigenvalue weighted by molar-refractivity contribution is 7.99. The lowest BCUT2D eigenvalue weighted by atomic mass is 10.0. The summed E-state index contributed by atoms with van der Waals surface area (Å²) in [5.74, 6) is 0.0225. The van der Waals surface area contributed by atoms with Crippen LogP contribution in [0.2, 0.25) is 0 Å². The number of hydrogen-bond acceptors (Lipinski definition) is 4. The maximum absolute atomic E-state index is 12.0. The summed E-state index contributed by atoms with van der Waals surface area (Å²) in [6, 6.07) is 6.27. The molecule has 0 saturated carbocycles. The number of rotatable bonds is 10. The van der Waals surface area contributed by atoms with Crippen LogP contribution in [0, 0.1) is 6.92 Å². The molecule has 0 saturated heterocycles. The standard InChI is InChI=1S/C17H23NO4S/c1-3-23-11-10-14(17(21)22)18-16(20)9-8-15(19)13-6-4-12(2)5-7-13/h4-7,14H,3,8-11H2,1-2H3,(H,18,20)(H,21,22). The highest BCUT2D eigenvalue weighted by Gasteiger charge is 2.20. The van der Waals surface area contributed by atoms with Crippen molar-refractivity contribution in [3.63, 3.8) is 0 Å². The molecule has 0 aliphatic carbocycles. The minimum absolute atomic E-state index is 0.00257. The molecule has 0 bridgehead atoms. The summed E-state index contributed by atoms with van der Waals surface area (Å²) in [4.78, 5) is 35.0. The normalized spacial score (nSPS) is 11.7. The number of Topliss-reactive ketones (excluding diaryl/α,β-unsaturated/α-hetero) is 1. The lowest BCUT2D eigenvalue weighted by Gasteiger charge is -2.14. The fourth-order valence-corrected chi connectivity index (χ4v) is 2.67. The predicted molar refractivity (Wildman–Crippen MR) is 91.9 cm³/mol. The van der Waals surface area contributed by atoms with Crippen LogP contribution in [0.1, 0.15) is 42.1 Å². The van der Waals surface area contributed by atoms with E-state index in [0.717, 1.165) is 11.3 Å². The molecule has 1 amide bonds. The van der Waals surface area contributed by atoms with E-state index in [9.17, 15) is 14.4 Å². The van der Waals surface area contributed by atoms with Crippen LogP contribution in [-0.4, -0.2) is 40.3 Å². The number of carboxylic acid groups (broad SMARTS) is 1. The Bertz CT molecular complexity index is 542. The van der Waals surface area contributed by atoms with Crippen LogP contribution in [0.15, 0.2) is 24.3 Å². The van der Waals surface area contributed by atoms with Crippen molar-refractivity contribution in [2.75, 3.05) is 11.5 Å². The van der Waals surface area contributed by atoms with Gasteiger partial charge in [-0.2, -0.15) is 11.8 Å². The zero-order chi connectivity index (χ0) is 17.2. The second-order valence-corrected chi connectivity index (χ2v) is 6.63. The lowest BCUT2D eigenvalue weighted by molar-refractivity contribution is -0.141. The highest BCUT2D eigenvalue weighted by Crippen LogP contribution is 2.08. The molecule has 1 aromatic rings. The van der Waals surface area contributed by atoms with Crippen molar-refractivity contribution in [2.24, 2.45) is 0 Å². The third-order valence-electron chi connectivity index (χ3n) is 3.34. The minimum Gasteiger partial charge on any atom is -0.480 e. The number of carboxylic acids is 1. The second-order valence-electron chi connectivity index (χ2n) is 5.23. The first kappa shape index (κ1) is 19.2. The first-order valence-corrected chi connectivity index (χ1v) is 8.79. The quantitative estimate of drug-likeness (QED) is 0.506. The third-order valence-corrected chi connectivity index (χ3v) is 4.27. The van der Waals surface area contributed by atoms with Crippen LogP contribution < -0.4 is 5.32 Å². The van der Waals surface area contributed by atoms with Gasteiger partial charge in [-0.3, -0.25) is 9.59 Å². The number of thioether (sulfide) groups is 1. The molecule has 0 spiro atoms. The zero-order valence-electron chi connectivity index (χ0n) is 13.5. The molecule has 126 valence electrons. The number of aliphatic carboxylic acids is 1. The first-order chi connectivity index (χ1) is 10.9. The number of ketones is 1. The summed E-state index contributed by atoms with van der Waals surface area (Å²) < 4.78 is 0. The Morgan fingerprint density at radius 2 is 1.83 bits per heavy atom. The number of aryl methyl sites for hydroxylation is 1. The van der Waals surface area contributed by atoms with Gasteiger partial charge in [0.25, 0.3) is 0 Å². The van der Waals surface area contributed by atoms with Crippen molar-refractivity contribution in [2.45, 2.75) is 39.2 Å². The first-order valence-electron chi connectivity index (χ1n) is 7.63. The van der Waals surface area contributed by atoms with E-state index in [1.807, 2.05) is 26.0 Å². The topological polar surface area (TPSA) is 83.5 Å². The Kier molecular flexibility index (Phi) is 8.40. The molecule has 2 N–H and O–H groups in total. The van der Waals surface area contributed by atoms with Gasteiger partial charge in [-0.25, -0.2) is 4.79 Å². The lowest BCUT2D eigenvalue weighted by Crippen LogP contribution is -2.41. The van der Waals surface area contributed by atoms with Crippen LogP contribution >= 0.6 is 11.8 Å². The van der Waals surface area contributed by atoms with Crippen molar-refractivity contribution in [1.29, 1.82) is 0 Å². The molecule has 1 atom stereocenters. The molecule has 6 heteroatoms. The number of benzene rings is 1. The molecule has 1 aromatic carbocycles. The molecule has 1 unspecified atom stereocenters. The highest BCUT2D eigenvalue weighted by atomic mass is 32.2. The SMILES string of the molecule is CCSCCC(NC(=O)CCC(=O)c1ccc(C)cc1)C(=O)O. The Morgan fingerprint density at radius 1 is 1.17 bits per heavy atom. The van der Waals surface area contributed by atoms with E-state index in [-0.39, 0.29) is 18.6 Å². The van der Waals surface area contributed by atoms with Gasteiger partial charge >= 0.3 is 5.97 Å². The smallest absolute Gasteiger partial charge is 0.326 e. The maximum atomic E-state index is 12.0. The molecule has 0 aliphatic heterocycles. The summed E-state index contributed by atoms with van der Waals surface area (Å²) in [7, 11) is 0. The fraction of sp³-hybridized carbons (Fsp3) is 0.471. The van der Waals surface area contributed by atoms with Gasteiger partial charge in [0.2, 0.25) is 5.91 Å². The minimum atomic E-state index is -1.04. The van der Waals surface area contributed by atoms with Crippen molar-refractivity contribution in [3.05, 3.63) is 35.4 Å². The van der Waals surface area contributed by atoms with Crippen LogP contribution in [0.25, 0.3) is 0 Å². The van der Waals surface area contributed by atoms with E-state index < -0.39 is 17.9 Å². The number of carbonyl (C=O) groups is 3. The Balaban J connectivity index is 2.43. The van der Waals surface area contributed by atoms with Gasteiger partial charge in [0.05, 0.1) is 0 Å². The molecule has 0 heterocycles. The summed E-state index contributed by atoms with van der Waals surface area (Å²) in [6.45, 7) is 3.93. The van der Waals surface area contributed by atoms with E-state index in [0.29, 0.717) is 17.7 Å². The molecule has 5 nitrogen and oxygen atoms in total. The summed E-state index contributed by atoms with van der Waals surface area (Å²) in [5, 5.41) is 11.6. The van der Waals surface area contributed by atoms with Gasteiger partial charge in [-0.05, 0) is 24.9 Å². The molecule has 0 aromatic heterocycles. The number of amides is 1. The predicted octanol–water partition coefficient (Wildman–Crippen LogP) is 2.67. The number of nitrogens with one attached hydrogen (secondary N) is 1. The van der Waals surface area contributed by atoms with E-state index in [4.69, 9.17) is 5.11 Å². The van der Waals surface area contributed by atoms with Crippen LogP contribution in [-0.2, 0) is 9.59 Å². The molecule has 0 aliphatic rings. The average Bonchev–Trinajstić information content (AvgIpc) is 2.52. The Labute approximate surface area is 140 Å². The fourth-order valence-electron chi connectivity index (χ4n) is 1.98. The average molecular weight is 337 g/mol. The Hall–Kier alpha value is -1.82. The monoisotopic (exact) mass is 337 g/mol. The van der Waals surface area contributed by atoms with E-state index in [1.54, 1.807) is 23.9 Å². The number of carbonyl (C=O) groups excluding carboxylic acids is 2. The summed E-state index contributed by atoms with van der Waals surface area (Å²) in [6.07, 6.45) is 0.452. The van der Waals surface area contributed by atoms with Gasteiger partial charge in [0.1, 0.15) is 6.04 Å². The van der Waals surface area contributed by atoms with Crippen molar-refractivity contribution < 1.29 is 19.5 Å². The van der Waals surface area contributed by atoms with Gasteiger partial charge in [-0.1, -0.05) is 36.8 Å². The van der Waals surface area contributed by atoms with Crippen LogP contribution in [0.3, 0.4) is 0 Å². The largest absolute Gasteiger partial charge is 0.480 e. The number of hydrogen-bond donors (Lipinski definition) is 2. The van der Waals surface area contributed by atoms with Gasteiger partial charge in [0.15, 0.2) is 5.78 Å². The van der Waals surface area contributed by atoms with Crippen molar-refractivity contribution in [1.82, 2.24) is 5.32 Å². The zero-order valence-corrected chi connectivity index (χ0v) is 14.3. The molecule has 0 fully saturated rings. The summed E-state index contributed by atoms with van der Waals surface area (Å²) in [5.41, 5.74) is 1.63. The third kappa shape index (κ3) is 7.32. The van der Waals surface area contributed by atoms with Crippen molar-refractivity contribution >= 4 is 29.4 Å². The van der Waals surface area contributed by atoms with Crippen LogP contribution in [0.4, 0.5) is 0 Å². The summed E-state index contributed by atoms with van der Waals surface area (Å²) >= 11 is 1.63. The molecular formula is C17H23NO4S. The maximum Gasteiger partial charge on any atom is 0.326 e. The molecule has 23 heavy (non-hydrogen) atoms. The van der Waals surface area contributed by atoms with Gasteiger partial charge in [0, 0.05) is 18.4 Å². The van der Waals surface area contributed by atoms with Crippen LogP contribution in [0.5, 0.6) is 0 Å². The van der Waals surface area contributed by atoms with Gasteiger partial charge < -0.3 is 10.4 Å². The Morgan fingerprint density at radius 3 is 2.39 bits per heavy atom. The van der Waals surface area contributed by atoms with E-state index >= 15 is 0 Å². The second kappa shape index (κ2) is 10.0.